The summed E-state index contributed by atoms with van der Waals surface area (Å²) >= 11 is 0. The van der Waals surface area contributed by atoms with Crippen molar-refractivity contribution in [3.05, 3.63) is 52.6 Å². The topological polar surface area (TPSA) is 111 Å². The number of aliphatic hydroxyl groups is 1. The summed E-state index contributed by atoms with van der Waals surface area (Å²) in [7, 11) is 0. The summed E-state index contributed by atoms with van der Waals surface area (Å²) in [5, 5.41) is 26.5. The van der Waals surface area contributed by atoms with Gasteiger partial charge in [-0.2, -0.15) is 10.1 Å². The van der Waals surface area contributed by atoms with E-state index in [1.165, 1.54) is 0 Å². The second kappa shape index (κ2) is 13.0. The highest BCUT2D eigenvalue weighted by Gasteiger charge is 2.30. The van der Waals surface area contributed by atoms with E-state index in [1.54, 1.807) is 5.01 Å². The van der Waals surface area contributed by atoms with Crippen molar-refractivity contribution < 1.29 is 14.6 Å². The van der Waals surface area contributed by atoms with Gasteiger partial charge in [-0.1, -0.05) is 25.0 Å². The Morgan fingerprint density at radius 1 is 1.18 bits per heavy atom. The average Bonchev–Trinajstić information content (AvgIpc) is 3.80. The fraction of sp³-hybridized carbons (Fsp3) is 0.581. The number of amidine groups is 1. The molecule has 0 bridgehead atoms. The van der Waals surface area contributed by atoms with E-state index in [0.29, 0.717) is 24.1 Å². The van der Waals surface area contributed by atoms with E-state index in [2.05, 4.69) is 40.8 Å². The first-order chi connectivity index (χ1) is 19.5. The molecule has 2 atom stereocenters. The Morgan fingerprint density at radius 3 is 2.65 bits per heavy atom. The molecule has 1 amide bonds. The zero-order valence-corrected chi connectivity index (χ0v) is 23.9. The number of carbonyl (C=O) groups excluding carboxylic acids is 1. The number of amides is 1. The number of nitrogens with zero attached hydrogens (tertiary/aromatic N) is 3. The molecule has 3 fully saturated rings. The van der Waals surface area contributed by atoms with E-state index in [9.17, 15) is 9.90 Å². The lowest BCUT2D eigenvalue weighted by molar-refractivity contribution is 0.0689. The zero-order chi connectivity index (χ0) is 28.1. The third kappa shape index (κ3) is 6.75. The minimum atomic E-state index is -0.00935. The highest BCUT2D eigenvalue weighted by Crippen LogP contribution is 2.29. The van der Waals surface area contributed by atoms with E-state index < -0.39 is 0 Å². The summed E-state index contributed by atoms with van der Waals surface area (Å²) in [6.45, 7) is 10.4. The van der Waals surface area contributed by atoms with Crippen LogP contribution in [0.1, 0.15) is 79.8 Å². The number of aryl methyl sites for hydroxylation is 1. The minimum Gasteiger partial charge on any atom is -0.396 e. The molecule has 0 spiro atoms. The molecule has 9 heteroatoms. The fourth-order valence-electron chi connectivity index (χ4n) is 5.85. The lowest BCUT2D eigenvalue weighted by Gasteiger charge is -2.36. The molecular weight excluding hydrogens is 504 g/mol. The SMILES string of the molecule is C=NN1C(=NCC2CCOCC2)C=C(N[C@H]2CCCC[C@H]2CO)N/C1=C(/C)c1ccc(C(=O)NC2CC2)c(C)c1. The van der Waals surface area contributed by atoms with Crippen LogP contribution in [0.4, 0.5) is 0 Å². The third-order valence-electron chi connectivity index (χ3n) is 8.61. The monoisotopic (exact) mass is 548 g/mol. The van der Waals surface area contributed by atoms with Crippen LogP contribution < -0.4 is 16.0 Å². The van der Waals surface area contributed by atoms with Gasteiger partial charge in [0.05, 0.1) is 0 Å². The van der Waals surface area contributed by atoms with Gasteiger partial charge in [0.25, 0.3) is 5.91 Å². The van der Waals surface area contributed by atoms with Crippen LogP contribution in [-0.4, -0.2) is 67.0 Å². The van der Waals surface area contributed by atoms with Crippen LogP contribution in [0.5, 0.6) is 0 Å². The predicted molar refractivity (Wildman–Crippen MR) is 159 cm³/mol. The smallest absolute Gasteiger partial charge is 0.251 e. The maximum Gasteiger partial charge on any atom is 0.251 e. The number of hydrogen-bond donors (Lipinski definition) is 4. The molecule has 2 heterocycles. The van der Waals surface area contributed by atoms with Crippen LogP contribution >= 0.6 is 0 Å². The number of carbonyl (C=O) groups is 1. The van der Waals surface area contributed by atoms with Gasteiger partial charge in [0, 0.05) is 62.7 Å². The Kier molecular flexibility index (Phi) is 9.22. The quantitative estimate of drug-likeness (QED) is 0.349. The lowest BCUT2D eigenvalue weighted by atomic mass is 9.85. The maximum atomic E-state index is 12.7. The fourth-order valence-corrected chi connectivity index (χ4v) is 5.85. The van der Waals surface area contributed by atoms with Crippen molar-refractivity contribution in [1.29, 1.82) is 0 Å². The zero-order valence-electron chi connectivity index (χ0n) is 23.9. The molecule has 2 aliphatic heterocycles. The van der Waals surface area contributed by atoms with Gasteiger partial charge in [-0.25, -0.2) is 0 Å². The van der Waals surface area contributed by atoms with Gasteiger partial charge < -0.3 is 25.8 Å². The average molecular weight is 549 g/mol. The van der Waals surface area contributed by atoms with E-state index in [1.807, 2.05) is 25.1 Å². The van der Waals surface area contributed by atoms with Gasteiger partial charge in [0.1, 0.15) is 11.6 Å². The van der Waals surface area contributed by atoms with Gasteiger partial charge >= 0.3 is 0 Å². The molecule has 4 N–H and O–H groups in total. The number of benzene rings is 1. The highest BCUT2D eigenvalue weighted by molar-refractivity contribution is 5.98. The first-order valence-electron chi connectivity index (χ1n) is 14.8. The minimum absolute atomic E-state index is 0.00935. The molecule has 1 aromatic rings. The Morgan fingerprint density at radius 2 is 1.95 bits per heavy atom. The van der Waals surface area contributed by atoms with E-state index in [4.69, 9.17) is 9.73 Å². The molecule has 2 aliphatic carbocycles. The third-order valence-corrected chi connectivity index (χ3v) is 8.61. The Labute approximate surface area is 237 Å². The first-order valence-corrected chi connectivity index (χ1v) is 14.8. The Balaban J connectivity index is 1.45. The summed E-state index contributed by atoms with van der Waals surface area (Å²) < 4.78 is 5.54. The number of aliphatic imine (C=N–C) groups is 1. The van der Waals surface area contributed by atoms with Gasteiger partial charge in [-0.15, -0.1) is 0 Å². The van der Waals surface area contributed by atoms with Gasteiger partial charge in [-0.05, 0) is 81.1 Å². The number of allylic oxidation sites excluding steroid dienone is 1. The molecule has 9 nitrogen and oxygen atoms in total. The molecule has 2 saturated carbocycles. The van der Waals surface area contributed by atoms with E-state index >= 15 is 0 Å². The van der Waals surface area contributed by atoms with Crippen molar-refractivity contribution in [2.24, 2.45) is 21.9 Å². The van der Waals surface area contributed by atoms with Crippen molar-refractivity contribution >= 4 is 24.0 Å². The number of ether oxygens (including phenoxy) is 1. The molecular formula is C31H44N6O3. The van der Waals surface area contributed by atoms with Gasteiger partial charge in [-0.3, -0.25) is 9.79 Å². The number of aliphatic hydroxyl groups excluding tert-OH is 1. The van der Waals surface area contributed by atoms with Crippen molar-refractivity contribution in [2.75, 3.05) is 26.4 Å². The molecule has 40 heavy (non-hydrogen) atoms. The number of rotatable bonds is 9. The molecule has 1 saturated heterocycles. The summed E-state index contributed by atoms with van der Waals surface area (Å²) in [6, 6.07) is 6.46. The summed E-state index contributed by atoms with van der Waals surface area (Å²) in [5.41, 5.74) is 3.60. The molecule has 0 aromatic heterocycles. The maximum absolute atomic E-state index is 12.7. The van der Waals surface area contributed by atoms with Crippen LogP contribution in [0, 0.1) is 18.8 Å². The van der Waals surface area contributed by atoms with Crippen LogP contribution in [0.15, 0.2) is 46.0 Å². The van der Waals surface area contributed by atoms with Gasteiger partial charge in [0.2, 0.25) is 0 Å². The van der Waals surface area contributed by atoms with Crippen LogP contribution in [0.3, 0.4) is 0 Å². The largest absolute Gasteiger partial charge is 0.396 e. The summed E-state index contributed by atoms with van der Waals surface area (Å²) in [4.78, 5) is 17.7. The van der Waals surface area contributed by atoms with Gasteiger partial charge in [0.15, 0.2) is 5.84 Å². The summed E-state index contributed by atoms with van der Waals surface area (Å²) in [6.07, 6.45) is 10.5. The second-order valence-electron chi connectivity index (χ2n) is 11.6. The van der Waals surface area contributed by atoms with Crippen molar-refractivity contribution in [3.63, 3.8) is 0 Å². The van der Waals surface area contributed by atoms with E-state index in [-0.39, 0.29) is 24.5 Å². The first kappa shape index (κ1) is 28.4. The van der Waals surface area contributed by atoms with Crippen molar-refractivity contribution in [3.8, 4) is 0 Å². The van der Waals surface area contributed by atoms with Crippen LogP contribution in [0.2, 0.25) is 0 Å². The Bertz CT molecular complexity index is 1180. The summed E-state index contributed by atoms with van der Waals surface area (Å²) in [5.74, 6) is 3.05. The molecule has 0 radical (unpaired) electrons. The highest BCUT2D eigenvalue weighted by atomic mass is 16.5. The predicted octanol–water partition coefficient (Wildman–Crippen LogP) is 3.90. The standard InChI is InChI=1S/C31H44N6O3/c1-20-16-23(8-11-26(20)31(39)34-25-9-10-25)21(2)30-36-28(35-27-7-5-4-6-24(27)19-38)17-29(37(30)32-3)33-18-22-12-14-40-15-13-22/h8,11,16-17,22,24-25,27,35-36,38H,3-7,9-10,12-15,18-19H2,1-2H3,(H,34,39)/b30-21+,33-29?/t24-,27-/m0/s1. The molecule has 216 valence electrons. The molecule has 1 aromatic carbocycles. The number of hydrazone groups is 1. The molecule has 4 aliphatic rings. The lowest BCUT2D eigenvalue weighted by Crippen LogP contribution is -2.47. The van der Waals surface area contributed by atoms with Crippen LogP contribution in [-0.2, 0) is 4.74 Å². The second-order valence-corrected chi connectivity index (χ2v) is 11.6. The van der Waals surface area contributed by atoms with Crippen molar-refractivity contribution in [2.45, 2.75) is 77.3 Å². The normalized spacial score (nSPS) is 26.1. The number of hydrogen-bond acceptors (Lipinski definition) is 7. The Hall–Kier alpha value is -3.17. The van der Waals surface area contributed by atoms with E-state index in [0.717, 1.165) is 98.8 Å². The number of nitrogens with one attached hydrogen (secondary N) is 3. The van der Waals surface area contributed by atoms with Crippen molar-refractivity contribution in [1.82, 2.24) is 21.0 Å². The molecule has 0 unspecified atom stereocenters. The molecule has 5 rings (SSSR count). The van der Waals surface area contributed by atoms with Crippen LogP contribution in [0.25, 0.3) is 5.57 Å².